The molecule has 0 amide bonds. The molecule has 0 aliphatic carbocycles. The van der Waals surface area contributed by atoms with Crippen LogP contribution in [0.2, 0.25) is 0 Å². The molecule has 5 heteroatoms. The molecule has 0 radical (unpaired) electrons. The highest BCUT2D eigenvalue weighted by Crippen LogP contribution is 2.15. The van der Waals surface area contributed by atoms with Gasteiger partial charge in [0, 0.05) is 25.3 Å². The van der Waals surface area contributed by atoms with Crippen LogP contribution in [-0.4, -0.2) is 32.1 Å². The molecular weight excluding hydrogens is 363 g/mol. The minimum Gasteiger partial charge on any atom is -0.370 e. The van der Waals surface area contributed by atoms with Gasteiger partial charge in [-0.1, -0.05) is 18.2 Å². The Balaban J connectivity index is 0.00000361. The van der Waals surface area contributed by atoms with E-state index >= 15 is 0 Å². The molecular formula is C15H25IN4. The van der Waals surface area contributed by atoms with Crippen LogP contribution in [0.4, 0.5) is 5.69 Å². The van der Waals surface area contributed by atoms with Crippen molar-refractivity contribution in [2.45, 2.75) is 13.8 Å². The van der Waals surface area contributed by atoms with Crippen LogP contribution in [0.3, 0.4) is 0 Å². The van der Waals surface area contributed by atoms with E-state index < -0.39 is 0 Å². The fourth-order valence-electron chi connectivity index (χ4n) is 1.82. The summed E-state index contributed by atoms with van der Waals surface area (Å²) in [5, 5.41) is 2.96. The minimum absolute atomic E-state index is 0. The lowest BCUT2D eigenvalue weighted by atomic mass is 10.2. The molecule has 4 nitrogen and oxygen atoms in total. The SMILES string of the molecule is C=CCNC(N)=NCCN(CC)c1cccc(C)c1.I. The van der Waals surface area contributed by atoms with Crippen molar-refractivity contribution < 1.29 is 0 Å². The topological polar surface area (TPSA) is 53.6 Å². The number of hydrogen-bond donors (Lipinski definition) is 2. The van der Waals surface area contributed by atoms with Gasteiger partial charge in [-0.3, -0.25) is 4.99 Å². The molecule has 0 spiro atoms. The van der Waals surface area contributed by atoms with E-state index in [9.17, 15) is 0 Å². The predicted octanol–water partition coefficient (Wildman–Crippen LogP) is 2.53. The van der Waals surface area contributed by atoms with Gasteiger partial charge in [-0.15, -0.1) is 30.6 Å². The molecule has 0 aromatic heterocycles. The summed E-state index contributed by atoms with van der Waals surface area (Å²) in [5.74, 6) is 0.472. The monoisotopic (exact) mass is 388 g/mol. The van der Waals surface area contributed by atoms with Crippen LogP contribution in [0.1, 0.15) is 12.5 Å². The van der Waals surface area contributed by atoms with Crippen molar-refractivity contribution in [3.05, 3.63) is 42.5 Å². The zero-order valence-corrected chi connectivity index (χ0v) is 14.6. The van der Waals surface area contributed by atoms with Gasteiger partial charge in [0.05, 0.1) is 6.54 Å². The molecule has 1 rings (SSSR count). The first-order valence-corrected chi connectivity index (χ1v) is 6.63. The van der Waals surface area contributed by atoms with Crippen molar-refractivity contribution in [1.29, 1.82) is 0 Å². The quantitative estimate of drug-likeness (QED) is 0.327. The molecule has 3 N–H and O–H groups in total. The first-order chi connectivity index (χ1) is 9.17. The zero-order valence-electron chi connectivity index (χ0n) is 12.3. The predicted molar refractivity (Wildman–Crippen MR) is 99.2 cm³/mol. The molecule has 0 fully saturated rings. The Morgan fingerprint density at radius 1 is 1.50 bits per heavy atom. The lowest BCUT2D eigenvalue weighted by Gasteiger charge is -2.22. The zero-order chi connectivity index (χ0) is 14.1. The van der Waals surface area contributed by atoms with Gasteiger partial charge in [0.2, 0.25) is 0 Å². The van der Waals surface area contributed by atoms with E-state index in [4.69, 9.17) is 5.73 Å². The van der Waals surface area contributed by atoms with E-state index in [0.717, 1.165) is 13.1 Å². The summed E-state index contributed by atoms with van der Waals surface area (Å²) in [5.41, 5.74) is 8.22. The number of aliphatic imine (C=N–C) groups is 1. The molecule has 0 atom stereocenters. The smallest absolute Gasteiger partial charge is 0.188 e. The Morgan fingerprint density at radius 3 is 2.85 bits per heavy atom. The molecule has 0 aliphatic rings. The van der Waals surface area contributed by atoms with E-state index in [1.54, 1.807) is 6.08 Å². The molecule has 1 aromatic rings. The first-order valence-electron chi connectivity index (χ1n) is 6.63. The van der Waals surface area contributed by atoms with Crippen LogP contribution in [0.15, 0.2) is 41.9 Å². The average molecular weight is 388 g/mol. The summed E-state index contributed by atoms with van der Waals surface area (Å²) in [7, 11) is 0. The summed E-state index contributed by atoms with van der Waals surface area (Å²) in [6.07, 6.45) is 1.76. The van der Waals surface area contributed by atoms with E-state index in [1.807, 2.05) is 0 Å². The van der Waals surface area contributed by atoms with Gasteiger partial charge >= 0.3 is 0 Å². The van der Waals surface area contributed by atoms with Crippen LogP contribution in [0.25, 0.3) is 0 Å². The number of aryl methyl sites for hydroxylation is 1. The van der Waals surface area contributed by atoms with Gasteiger partial charge in [0.1, 0.15) is 0 Å². The maximum Gasteiger partial charge on any atom is 0.188 e. The number of halogens is 1. The van der Waals surface area contributed by atoms with Gasteiger partial charge in [0.15, 0.2) is 5.96 Å². The lowest BCUT2D eigenvalue weighted by molar-refractivity contribution is 0.811. The summed E-state index contributed by atoms with van der Waals surface area (Å²) in [4.78, 5) is 6.58. The Bertz CT molecular complexity index is 432. The Labute approximate surface area is 139 Å². The number of nitrogens with two attached hydrogens (primary N) is 1. The molecule has 112 valence electrons. The van der Waals surface area contributed by atoms with E-state index in [-0.39, 0.29) is 24.0 Å². The number of rotatable bonds is 7. The lowest BCUT2D eigenvalue weighted by Crippen LogP contribution is -2.33. The highest BCUT2D eigenvalue weighted by atomic mass is 127. The van der Waals surface area contributed by atoms with Gasteiger partial charge in [-0.05, 0) is 31.5 Å². The fraction of sp³-hybridized carbons (Fsp3) is 0.400. The second-order valence-electron chi connectivity index (χ2n) is 4.36. The van der Waals surface area contributed by atoms with Gasteiger partial charge in [0.25, 0.3) is 0 Å². The third-order valence-electron chi connectivity index (χ3n) is 2.83. The Kier molecular flexibility index (Phi) is 9.88. The van der Waals surface area contributed by atoms with Crippen LogP contribution < -0.4 is 16.0 Å². The van der Waals surface area contributed by atoms with Crippen LogP contribution in [0, 0.1) is 6.92 Å². The van der Waals surface area contributed by atoms with Crippen molar-refractivity contribution in [1.82, 2.24) is 5.32 Å². The molecule has 0 bridgehead atoms. The maximum atomic E-state index is 5.72. The number of nitrogens with zero attached hydrogens (tertiary/aromatic N) is 2. The van der Waals surface area contributed by atoms with Crippen molar-refractivity contribution in [3.8, 4) is 0 Å². The number of anilines is 1. The van der Waals surface area contributed by atoms with Crippen molar-refractivity contribution in [2.75, 3.05) is 31.1 Å². The van der Waals surface area contributed by atoms with Crippen LogP contribution >= 0.6 is 24.0 Å². The fourth-order valence-corrected chi connectivity index (χ4v) is 1.82. The van der Waals surface area contributed by atoms with Crippen LogP contribution in [-0.2, 0) is 0 Å². The molecule has 0 saturated carbocycles. The third-order valence-corrected chi connectivity index (χ3v) is 2.83. The summed E-state index contributed by atoms with van der Waals surface area (Å²) < 4.78 is 0. The average Bonchev–Trinajstić information content (AvgIpc) is 2.41. The maximum absolute atomic E-state index is 5.72. The van der Waals surface area contributed by atoms with Crippen molar-refractivity contribution in [3.63, 3.8) is 0 Å². The number of hydrogen-bond acceptors (Lipinski definition) is 2. The summed E-state index contributed by atoms with van der Waals surface area (Å²) in [6, 6.07) is 8.50. The van der Waals surface area contributed by atoms with E-state index in [1.165, 1.54) is 11.3 Å². The Hall–Kier alpha value is -1.24. The highest BCUT2D eigenvalue weighted by Gasteiger charge is 2.03. The molecule has 1 aromatic carbocycles. The molecule has 0 aliphatic heterocycles. The number of likely N-dealkylation sites (N-methyl/N-ethyl adjacent to an activating group) is 1. The second-order valence-corrected chi connectivity index (χ2v) is 4.36. The number of benzene rings is 1. The van der Waals surface area contributed by atoms with Gasteiger partial charge in [-0.25, -0.2) is 0 Å². The highest BCUT2D eigenvalue weighted by molar-refractivity contribution is 14.0. The molecule has 0 heterocycles. The number of guanidine groups is 1. The largest absolute Gasteiger partial charge is 0.370 e. The Morgan fingerprint density at radius 2 is 2.25 bits per heavy atom. The molecule has 0 saturated heterocycles. The van der Waals surface area contributed by atoms with Crippen molar-refractivity contribution >= 4 is 35.6 Å². The first kappa shape index (κ1) is 18.8. The summed E-state index contributed by atoms with van der Waals surface area (Å²) in [6.45, 7) is 11.0. The standard InChI is InChI=1S/C15H24N4.HI/c1-4-9-17-15(16)18-10-11-19(5-2)14-8-6-7-13(3)12-14;/h4,6-8,12H,1,5,9-11H2,2-3H3,(H3,16,17,18);1H. The third kappa shape index (κ3) is 6.79. The van der Waals surface area contributed by atoms with E-state index in [0.29, 0.717) is 19.0 Å². The molecule has 20 heavy (non-hydrogen) atoms. The number of nitrogens with one attached hydrogen (secondary N) is 1. The minimum atomic E-state index is 0. The van der Waals surface area contributed by atoms with Gasteiger partial charge in [-0.2, -0.15) is 0 Å². The normalized spacial score (nSPS) is 10.6. The van der Waals surface area contributed by atoms with Crippen LogP contribution in [0.5, 0.6) is 0 Å². The van der Waals surface area contributed by atoms with E-state index in [2.05, 4.69) is 59.9 Å². The second kappa shape index (κ2) is 10.5. The molecule has 0 unspecified atom stereocenters. The van der Waals surface area contributed by atoms with Crippen molar-refractivity contribution in [2.24, 2.45) is 10.7 Å². The van der Waals surface area contributed by atoms with Gasteiger partial charge < -0.3 is 16.0 Å². The summed E-state index contributed by atoms with van der Waals surface area (Å²) >= 11 is 0.